The Bertz CT molecular complexity index is 1010. The SMILES string of the molecule is O=C1c2cccnc2C(Nc2ccc(Br)cc2Br)N1Cc1ccc(F)cc1. The summed E-state index contributed by atoms with van der Waals surface area (Å²) >= 11 is 6.99. The minimum absolute atomic E-state index is 0.104. The summed E-state index contributed by atoms with van der Waals surface area (Å²) in [4.78, 5) is 19.1. The summed E-state index contributed by atoms with van der Waals surface area (Å²) in [5, 5.41) is 3.41. The molecule has 0 spiro atoms. The molecule has 0 saturated carbocycles. The Morgan fingerprint density at radius 3 is 2.63 bits per heavy atom. The minimum Gasteiger partial charge on any atom is -0.359 e. The largest absolute Gasteiger partial charge is 0.359 e. The topological polar surface area (TPSA) is 45.2 Å². The van der Waals surface area contributed by atoms with Crippen molar-refractivity contribution in [2.24, 2.45) is 0 Å². The zero-order valence-corrected chi connectivity index (χ0v) is 17.2. The summed E-state index contributed by atoms with van der Waals surface area (Å²) in [7, 11) is 0. The maximum atomic E-state index is 13.2. The summed E-state index contributed by atoms with van der Waals surface area (Å²) in [6.45, 7) is 0.348. The molecule has 4 rings (SSSR count). The van der Waals surface area contributed by atoms with Gasteiger partial charge in [-0.15, -0.1) is 0 Å². The average Bonchev–Trinajstić information content (AvgIpc) is 2.92. The predicted molar refractivity (Wildman–Crippen MR) is 109 cm³/mol. The number of anilines is 1. The van der Waals surface area contributed by atoms with Gasteiger partial charge in [0.2, 0.25) is 0 Å². The number of pyridine rings is 1. The Morgan fingerprint density at radius 1 is 1.11 bits per heavy atom. The van der Waals surface area contributed by atoms with Crippen molar-refractivity contribution in [2.45, 2.75) is 12.7 Å². The lowest BCUT2D eigenvalue weighted by molar-refractivity contribution is 0.0727. The van der Waals surface area contributed by atoms with E-state index in [-0.39, 0.29) is 11.7 Å². The number of nitrogens with zero attached hydrogens (tertiary/aromatic N) is 2. The number of hydrogen-bond acceptors (Lipinski definition) is 3. The first-order valence-corrected chi connectivity index (χ1v) is 9.83. The molecule has 1 atom stereocenters. The molecule has 0 bridgehead atoms. The highest BCUT2D eigenvalue weighted by atomic mass is 79.9. The van der Waals surface area contributed by atoms with E-state index in [1.807, 2.05) is 18.2 Å². The third-order valence-electron chi connectivity index (χ3n) is 4.39. The van der Waals surface area contributed by atoms with E-state index in [0.29, 0.717) is 17.8 Å². The fourth-order valence-electron chi connectivity index (χ4n) is 3.09. The zero-order chi connectivity index (χ0) is 19.0. The highest BCUT2D eigenvalue weighted by Gasteiger charge is 2.38. The molecule has 2 aromatic carbocycles. The minimum atomic E-state index is -0.420. The van der Waals surface area contributed by atoms with Crippen molar-refractivity contribution < 1.29 is 9.18 Å². The van der Waals surface area contributed by atoms with E-state index in [9.17, 15) is 9.18 Å². The molecule has 1 aliphatic rings. The summed E-state index contributed by atoms with van der Waals surface area (Å²) in [5.41, 5.74) is 2.95. The standard InChI is InChI=1S/C20H14Br2FN3O/c21-13-5-8-17(16(22)10-13)25-19-18-15(2-1-9-24-18)20(27)26(19)11-12-3-6-14(23)7-4-12/h1-10,19,25H,11H2. The molecule has 1 aromatic heterocycles. The van der Waals surface area contributed by atoms with Gasteiger partial charge in [0.15, 0.2) is 0 Å². The maximum absolute atomic E-state index is 13.2. The lowest BCUT2D eigenvalue weighted by Gasteiger charge is -2.27. The quantitative estimate of drug-likeness (QED) is 0.524. The van der Waals surface area contributed by atoms with Gasteiger partial charge in [0.25, 0.3) is 5.91 Å². The molecule has 136 valence electrons. The Labute approximate surface area is 172 Å². The number of nitrogens with one attached hydrogen (secondary N) is 1. The second-order valence-electron chi connectivity index (χ2n) is 6.17. The molecular formula is C20H14Br2FN3O. The van der Waals surface area contributed by atoms with Crippen molar-refractivity contribution in [1.29, 1.82) is 0 Å². The van der Waals surface area contributed by atoms with Crippen LogP contribution in [-0.4, -0.2) is 15.8 Å². The number of rotatable bonds is 4. The van der Waals surface area contributed by atoms with Crippen LogP contribution >= 0.6 is 31.9 Å². The number of carbonyl (C=O) groups excluding carboxylic acids is 1. The highest BCUT2D eigenvalue weighted by molar-refractivity contribution is 9.11. The normalized spacial score (nSPS) is 15.7. The van der Waals surface area contributed by atoms with Crippen molar-refractivity contribution in [3.05, 3.63) is 92.4 Å². The van der Waals surface area contributed by atoms with E-state index in [0.717, 1.165) is 20.2 Å². The first-order valence-electron chi connectivity index (χ1n) is 8.25. The summed E-state index contributed by atoms with van der Waals surface area (Å²) in [6.07, 6.45) is 1.26. The van der Waals surface area contributed by atoms with E-state index in [1.165, 1.54) is 12.1 Å². The Balaban J connectivity index is 1.70. The zero-order valence-electron chi connectivity index (χ0n) is 14.0. The van der Waals surface area contributed by atoms with Gasteiger partial charge in [0.05, 0.1) is 16.9 Å². The maximum Gasteiger partial charge on any atom is 0.258 e. The molecule has 3 aromatic rings. The third-order valence-corrected chi connectivity index (χ3v) is 5.54. The van der Waals surface area contributed by atoms with Crippen LogP contribution in [-0.2, 0) is 6.54 Å². The van der Waals surface area contributed by atoms with Crippen molar-refractivity contribution in [1.82, 2.24) is 9.88 Å². The van der Waals surface area contributed by atoms with Gasteiger partial charge in [0.1, 0.15) is 12.0 Å². The van der Waals surface area contributed by atoms with Gasteiger partial charge >= 0.3 is 0 Å². The van der Waals surface area contributed by atoms with Crippen molar-refractivity contribution >= 4 is 43.5 Å². The molecule has 0 fully saturated rings. The number of fused-ring (bicyclic) bond motifs is 1. The van der Waals surface area contributed by atoms with Gasteiger partial charge in [-0.25, -0.2) is 4.39 Å². The van der Waals surface area contributed by atoms with Crippen LogP contribution in [0.4, 0.5) is 10.1 Å². The number of hydrogen-bond donors (Lipinski definition) is 1. The van der Waals surface area contributed by atoms with Crippen LogP contribution in [0, 0.1) is 5.82 Å². The molecule has 4 nitrogen and oxygen atoms in total. The molecule has 0 aliphatic carbocycles. The molecule has 1 unspecified atom stereocenters. The smallest absolute Gasteiger partial charge is 0.258 e. The third kappa shape index (κ3) is 3.61. The monoisotopic (exact) mass is 489 g/mol. The Morgan fingerprint density at radius 2 is 1.89 bits per heavy atom. The van der Waals surface area contributed by atoms with Crippen molar-refractivity contribution in [3.8, 4) is 0 Å². The van der Waals surface area contributed by atoms with Gasteiger partial charge in [0, 0.05) is 21.7 Å². The lowest BCUT2D eigenvalue weighted by Crippen LogP contribution is -2.32. The highest BCUT2D eigenvalue weighted by Crippen LogP contribution is 2.36. The molecule has 2 heterocycles. The molecule has 0 saturated heterocycles. The van der Waals surface area contributed by atoms with E-state index in [4.69, 9.17) is 0 Å². The van der Waals surface area contributed by atoms with Crippen LogP contribution in [0.3, 0.4) is 0 Å². The molecule has 1 N–H and O–H groups in total. The summed E-state index contributed by atoms with van der Waals surface area (Å²) < 4.78 is 15.0. The lowest BCUT2D eigenvalue weighted by atomic mass is 10.2. The van der Waals surface area contributed by atoms with Crippen LogP contribution in [0.1, 0.15) is 27.8 Å². The fraction of sp³-hybridized carbons (Fsp3) is 0.100. The van der Waals surface area contributed by atoms with E-state index in [1.54, 1.807) is 35.4 Å². The summed E-state index contributed by atoms with van der Waals surface area (Å²) in [6, 6.07) is 15.5. The number of benzene rings is 2. The van der Waals surface area contributed by atoms with Crippen LogP contribution < -0.4 is 5.32 Å². The van der Waals surface area contributed by atoms with Gasteiger partial charge in [-0.1, -0.05) is 28.1 Å². The van der Waals surface area contributed by atoms with Crippen LogP contribution in [0.2, 0.25) is 0 Å². The molecule has 27 heavy (non-hydrogen) atoms. The molecule has 1 amide bonds. The van der Waals surface area contributed by atoms with Gasteiger partial charge in [-0.2, -0.15) is 0 Å². The molecule has 7 heteroatoms. The first-order chi connectivity index (χ1) is 13.0. The van der Waals surface area contributed by atoms with E-state index < -0.39 is 6.17 Å². The predicted octanol–water partition coefficient (Wildman–Crippen LogP) is 5.51. The van der Waals surface area contributed by atoms with Crippen LogP contribution in [0.15, 0.2) is 69.7 Å². The van der Waals surface area contributed by atoms with Gasteiger partial charge in [-0.05, 0) is 64.0 Å². The van der Waals surface area contributed by atoms with Gasteiger partial charge in [-0.3, -0.25) is 9.78 Å². The van der Waals surface area contributed by atoms with Crippen LogP contribution in [0.5, 0.6) is 0 Å². The Hall–Kier alpha value is -2.25. The number of aromatic nitrogens is 1. The number of halogens is 3. The fourth-order valence-corrected chi connectivity index (χ4v) is 4.25. The molecule has 1 aliphatic heterocycles. The molecular weight excluding hydrogens is 477 g/mol. The van der Waals surface area contributed by atoms with Crippen LogP contribution in [0.25, 0.3) is 0 Å². The van der Waals surface area contributed by atoms with Crippen molar-refractivity contribution in [2.75, 3.05) is 5.32 Å². The summed E-state index contributed by atoms with van der Waals surface area (Å²) in [5.74, 6) is -0.405. The first kappa shape index (κ1) is 18.1. The van der Waals surface area contributed by atoms with Gasteiger partial charge < -0.3 is 10.2 Å². The molecule has 0 radical (unpaired) electrons. The van der Waals surface area contributed by atoms with E-state index in [2.05, 4.69) is 42.2 Å². The van der Waals surface area contributed by atoms with Crippen molar-refractivity contribution in [3.63, 3.8) is 0 Å². The number of amides is 1. The second-order valence-corrected chi connectivity index (χ2v) is 7.94. The van der Waals surface area contributed by atoms with E-state index >= 15 is 0 Å². The Kier molecular flexibility index (Phi) is 4.97. The number of carbonyl (C=O) groups is 1. The average molecular weight is 491 g/mol. The second kappa shape index (κ2) is 7.40.